The second kappa shape index (κ2) is 7.34. The average molecular weight is 241 g/mol. The molecule has 0 aromatic carbocycles. The van der Waals surface area contributed by atoms with Gasteiger partial charge in [-0.3, -0.25) is 0 Å². The first-order valence-corrected chi connectivity index (χ1v) is 6.18. The molecule has 98 valence electrons. The molecule has 1 unspecified atom stereocenters. The zero-order valence-corrected chi connectivity index (χ0v) is 11.2. The van der Waals surface area contributed by atoms with Crippen molar-refractivity contribution < 1.29 is 4.74 Å². The summed E-state index contributed by atoms with van der Waals surface area (Å²) in [5.41, 5.74) is 0. The Bertz CT molecular complexity index is 307. The summed E-state index contributed by atoms with van der Waals surface area (Å²) in [7, 11) is 1.71. The summed E-state index contributed by atoms with van der Waals surface area (Å²) in [6.07, 6.45) is 2.11. The maximum atomic E-state index is 5.22. The minimum absolute atomic E-state index is 0.226. The molecule has 0 saturated carbocycles. The SMILES string of the molecule is CCCC(COC)n1nnnc1CNC(C)C. The van der Waals surface area contributed by atoms with Crippen molar-refractivity contribution >= 4 is 0 Å². The molecule has 1 aromatic rings. The molecule has 6 heteroatoms. The van der Waals surface area contributed by atoms with Crippen molar-refractivity contribution in [3.63, 3.8) is 0 Å². The molecule has 1 atom stereocenters. The Morgan fingerprint density at radius 2 is 2.18 bits per heavy atom. The number of nitrogens with zero attached hydrogens (tertiary/aromatic N) is 4. The number of hydrogen-bond donors (Lipinski definition) is 1. The topological polar surface area (TPSA) is 64.9 Å². The smallest absolute Gasteiger partial charge is 0.165 e. The summed E-state index contributed by atoms with van der Waals surface area (Å²) in [5.74, 6) is 0.870. The molecule has 0 bridgehead atoms. The molecule has 1 aromatic heterocycles. The molecule has 1 N–H and O–H groups in total. The van der Waals surface area contributed by atoms with Gasteiger partial charge in [0.1, 0.15) is 0 Å². The Morgan fingerprint density at radius 1 is 1.41 bits per heavy atom. The van der Waals surface area contributed by atoms with Crippen molar-refractivity contribution in [2.75, 3.05) is 13.7 Å². The lowest BCUT2D eigenvalue weighted by molar-refractivity contribution is 0.141. The molecule has 0 spiro atoms. The number of methoxy groups -OCH3 is 1. The fourth-order valence-corrected chi connectivity index (χ4v) is 1.71. The number of aromatic nitrogens is 4. The molecule has 0 fully saturated rings. The first-order valence-electron chi connectivity index (χ1n) is 6.18. The number of rotatable bonds is 8. The Morgan fingerprint density at radius 3 is 2.76 bits per heavy atom. The molecule has 0 aliphatic carbocycles. The van der Waals surface area contributed by atoms with Gasteiger partial charge in [-0.2, -0.15) is 0 Å². The van der Waals surface area contributed by atoms with Gasteiger partial charge in [-0.25, -0.2) is 4.68 Å². The zero-order valence-electron chi connectivity index (χ0n) is 11.2. The van der Waals surface area contributed by atoms with E-state index in [0.717, 1.165) is 18.7 Å². The molecule has 1 rings (SSSR count). The van der Waals surface area contributed by atoms with Crippen LogP contribution in [0.5, 0.6) is 0 Å². The van der Waals surface area contributed by atoms with Crippen LogP contribution in [-0.4, -0.2) is 40.0 Å². The molecule has 17 heavy (non-hydrogen) atoms. The Kier molecular flexibility index (Phi) is 6.07. The van der Waals surface area contributed by atoms with E-state index in [2.05, 4.69) is 41.6 Å². The van der Waals surface area contributed by atoms with E-state index in [1.54, 1.807) is 7.11 Å². The van der Waals surface area contributed by atoms with E-state index >= 15 is 0 Å². The van der Waals surface area contributed by atoms with Crippen molar-refractivity contribution in [3.8, 4) is 0 Å². The van der Waals surface area contributed by atoms with E-state index in [-0.39, 0.29) is 6.04 Å². The predicted octanol–water partition coefficient (Wildman–Crippen LogP) is 1.16. The van der Waals surface area contributed by atoms with Crippen LogP contribution in [0.3, 0.4) is 0 Å². The van der Waals surface area contributed by atoms with Gasteiger partial charge in [0.25, 0.3) is 0 Å². The van der Waals surface area contributed by atoms with Gasteiger partial charge >= 0.3 is 0 Å². The quantitative estimate of drug-likeness (QED) is 0.740. The predicted molar refractivity (Wildman–Crippen MR) is 65.6 cm³/mol. The van der Waals surface area contributed by atoms with Crippen molar-refractivity contribution in [1.29, 1.82) is 0 Å². The van der Waals surface area contributed by atoms with Gasteiger partial charge in [-0.1, -0.05) is 27.2 Å². The summed E-state index contributed by atoms with van der Waals surface area (Å²) < 4.78 is 7.10. The van der Waals surface area contributed by atoms with Crippen molar-refractivity contribution in [3.05, 3.63) is 5.82 Å². The third-order valence-electron chi connectivity index (χ3n) is 2.56. The van der Waals surface area contributed by atoms with E-state index in [1.807, 2.05) is 4.68 Å². The maximum absolute atomic E-state index is 5.22. The fraction of sp³-hybridized carbons (Fsp3) is 0.909. The van der Waals surface area contributed by atoms with Crippen LogP contribution in [0, 0.1) is 0 Å². The van der Waals surface area contributed by atoms with Crippen LogP contribution < -0.4 is 5.32 Å². The highest BCUT2D eigenvalue weighted by atomic mass is 16.5. The van der Waals surface area contributed by atoms with Gasteiger partial charge in [-0.15, -0.1) is 5.10 Å². The van der Waals surface area contributed by atoms with Crippen LogP contribution >= 0.6 is 0 Å². The maximum Gasteiger partial charge on any atom is 0.165 e. The minimum atomic E-state index is 0.226. The van der Waals surface area contributed by atoms with E-state index in [4.69, 9.17) is 4.74 Å². The Labute approximate surface area is 103 Å². The molecule has 0 amide bonds. The van der Waals surface area contributed by atoms with E-state index < -0.39 is 0 Å². The van der Waals surface area contributed by atoms with Crippen LogP contribution in [-0.2, 0) is 11.3 Å². The monoisotopic (exact) mass is 241 g/mol. The fourth-order valence-electron chi connectivity index (χ4n) is 1.71. The van der Waals surface area contributed by atoms with Gasteiger partial charge in [0, 0.05) is 13.2 Å². The second-order valence-corrected chi connectivity index (χ2v) is 4.47. The molecule has 0 aliphatic rings. The van der Waals surface area contributed by atoms with E-state index in [9.17, 15) is 0 Å². The van der Waals surface area contributed by atoms with Gasteiger partial charge in [-0.05, 0) is 16.8 Å². The zero-order chi connectivity index (χ0) is 12.7. The number of tetrazole rings is 1. The lowest BCUT2D eigenvalue weighted by Crippen LogP contribution is -2.26. The van der Waals surface area contributed by atoms with E-state index in [0.29, 0.717) is 19.2 Å². The molecule has 0 radical (unpaired) electrons. The standard InChI is InChI=1S/C11H23N5O/c1-5-6-10(8-17-4)16-11(13-14-15-16)7-12-9(2)3/h9-10,12H,5-8H2,1-4H3. The second-order valence-electron chi connectivity index (χ2n) is 4.47. The summed E-state index contributed by atoms with van der Waals surface area (Å²) in [5, 5.41) is 15.2. The highest BCUT2D eigenvalue weighted by molar-refractivity contribution is 4.84. The summed E-state index contributed by atoms with van der Waals surface area (Å²) in [4.78, 5) is 0. The molecule has 1 heterocycles. The summed E-state index contributed by atoms with van der Waals surface area (Å²) in [6.45, 7) is 7.70. The summed E-state index contributed by atoms with van der Waals surface area (Å²) >= 11 is 0. The van der Waals surface area contributed by atoms with Crippen LogP contribution in [0.25, 0.3) is 0 Å². The third-order valence-corrected chi connectivity index (χ3v) is 2.56. The molecule has 0 saturated heterocycles. The van der Waals surface area contributed by atoms with Crippen LogP contribution in [0.15, 0.2) is 0 Å². The van der Waals surface area contributed by atoms with Gasteiger partial charge in [0.15, 0.2) is 5.82 Å². The van der Waals surface area contributed by atoms with Crippen molar-refractivity contribution in [2.45, 2.75) is 52.2 Å². The molecular formula is C11H23N5O. The lowest BCUT2D eigenvalue weighted by atomic mass is 10.2. The summed E-state index contributed by atoms with van der Waals surface area (Å²) in [6, 6.07) is 0.649. The van der Waals surface area contributed by atoms with Gasteiger partial charge in [0.2, 0.25) is 0 Å². The van der Waals surface area contributed by atoms with Crippen molar-refractivity contribution in [1.82, 2.24) is 25.5 Å². The first kappa shape index (κ1) is 14.1. The van der Waals surface area contributed by atoms with Gasteiger partial charge in [0.05, 0.1) is 19.2 Å². The first-order chi connectivity index (χ1) is 8.19. The van der Waals surface area contributed by atoms with Gasteiger partial charge < -0.3 is 10.1 Å². The van der Waals surface area contributed by atoms with E-state index in [1.165, 1.54) is 0 Å². The normalized spacial score (nSPS) is 13.2. The minimum Gasteiger partial charge on any atom is -0.382 e. The largest absolute Gasteiger partial charge is 0.382 e. The molecule has 0 aliphatic heterocycles. The molecular weight excluding hydrogens is 218 g/mol. The van der Waals surface area contributed by atoms with Crippen molar-refractivity contribution in [2.24, 2.45) is 0 Å². The number of ether oxygens (including phenoxy) is 1. The number of nitrogens with one attached hydrogen (secondary N) is 1. The Hall–Kier alpha value is -1.01. The highest BCUT2D eigenvalue weighted by Crippen LogP contribution is 2.14. The van der Waals surface area contributed by atoms with Crippen LogP contribution in [0.1, 0.15) is 45.5 Å². The average Bonchev–Trinajstić information content (AvgIpc) is 2.74. The highest BCUT2D eigenvalue weighted by Gasteiger charge is 2.16. The molecule has 6 nitrogen and oxygen atoms in total. The van der Waals surface area contributed by atoms with Crippen LogP contribution in [0.4, 0.5) is 0 Å². The third kappa shape index (κ3) is 4.40. The van der Waals surface area contributed by atoms with Crippen LogP contribution in [0.2, 0.25) is 0 Å². The number of hydrogen-bond acceptors (Lipinski definition) is 5. The Balaban J connectivity index is 2.69. The lowest BCUT2D eigenvalue weighted by Gasteiger charge is -2.17.